The molecule has 0 aliphatic rings. The summed E-state index contributed by atoms with van der Waals surface area (Å²) in [4.78, 5) is 22.8. The van der Waals surface area contributed by atoms with Gasteiger partial charge in [-0.05, 0) is 25.1 Å². The van der Waals surface area contributed by atoms with Crippen LogP contribution in [0.15, 0.2) is 30.6 Å². The quantitative estimate of drug-likeness (QED) is 0.868. The van der Waals surface area contributed by atoms with Crippen molar-refractivity contribution in [3.63, 3.8) is 0 Å². The molecule has 6 heteroatoms. The highest BCUT2D eigenvalue weighted by molar-refractivity contribution is 7.80. The van der Waals surface area contributed by atoms with Crippen LogP contribution in [0.2, 0.25) is 0 Å². The van der Waals surface area contributed by atoms with Crippen LogP contribution in [0.1, 0.15) is 23.7 Å². The van der Waals surface area contributed by atoms with Crippen molar-refractivity contribution in [2.45, 2.75) is 19.4 Å². The van der Waals surface area contributed by atoms with Crippen LogP contribution in [0.3, 0.4) is 0 Å². The Hall–Kier alpha value is -2.08. The normalized spacial score (nSPS) is 12.1. The van der Waals surface area contributed by atoms with Crippen LogP contribution in [-0.2, 0) is 0 Å². The van der Waals surface area contributed by atoms with Crippen molar-refractivity contribution in [3.05, 3.63) is 36.2 Å². The Bertz CT molecular complexity index is 658. The molecule has 1 atom stereocenters. The SMILES string of the molecule is CC(CC(N)=S)N(C)C(=O)c1ccc2nccnc2c1. The fourth-order valence-corrected chi connectivity index (χ4v) is 2.17. The second kappa shape index (κ2) is 5.92. The van der Waals surface area contributed by atoms with Crippen molar-refractivity contribution in [2.24, 2.45) is 5.73 Å². The van der Waals surface area contributed by atoms with E-state index in [4.69, 9.17) is 18.0 Å². The average molecular weight is 288 g/mol. The number of nitrogens with two attached hydrogens (primary N) is 1. The van der Waals surface area contributed by atoms with Crippen LogP contribution in [-0.4, -0.2) is 38.9 Å². The summed E-state index contributed by atoms with van der Waals surface area (Å²) >= 11 is 4.88. The number of rotatable bonds is 4. The van der Waals surface area contributed by atoms with E-state index in [0.29, 0.717) is 22.5 Å². The number of benzene rings is 1. The van der Waals surface area contributed by atoms with Gasteiger partial charge in [-0.2, -0.15) is 0 Å². The summed E-state index contributed by atoms with van der Waals surface area (Å²) in [7, 11) is 1.74. The second-order valence-electron chi connectivity index (χ2n) is 4.70. The van der Waals surface area contributed by atoms with E-state index in [1.54, 1.807) is 42.5 Å². The topological polar surface area (TPSA) is 72.1 Å². The maximum atomic E-state index is 12.4. The maximum Gasteiger partial charge on any atom is 0.253 e. The van der Waals surface area contributed by atoms with Gasteiger partial charge < -0.3 is 10.6 Å². The summed E-state index contributed by atoms with van der Waals surface area (Å²) in [6.45, 7) is 1.91. The average Bonchev–Trinajstić information content (AvgIpc) is 2.44. The van der Waals surface area contributed by atoms with E-state index >= 15 is 0 Å². The molecule has 1 aromatic carbocycles. The van der Waals surface area contributed by atoms with Gasteiger partial charge >= 0.3 is 0 Å². The molecular formula is C14H16N4OS. The van der Waals surface area contributed by atoms with Crippen molar-refractivity contribution in [2.75, 3.05) is 7.05 Å². The van der Waals surface area contributed by atoms with E-state index in [0.717, 1.165) is 5.52 Å². The van der Waals surface area contributed by atoms with Crippen LogP contribution in [0.25, 0.3) is 11.0 Å². The maximum absolute atomic E-state index is 12.4. The lowest BCUT2D eigenvalue weighted by Gasteiger charge is -2.24. The summed E-state index contributed by atoms with van der Waals surface area (Å²) in [5.74, 6) is -0.0821. The van der Waals surface area contributed by atoms with E-state index in [1.165, 1.54) is 0 Å². The molecule has 0 fully saturated rings. The van der Waals surface area contributed by atoms with Gasteiger partial charge in [0.05, 0.1) is 16.0 Å². The van der Waals surface area contributed by atoms with Gasteiger partial charge in [0.15, 0.2) is 0 Å². The lowest BCUT2D eigenvalue weighted by atomic mass is 10.1. The number of aromatic nitrogens is 2. The van der Waals surface area contributed by atoms with Gasteiger partial charge in [0, 0.05) is 37.5 Å². The molecule has 104 valence electrons. The summed E-state index contributed by atoms with van der Waals surface area (Å²) in [5, 5.41) is 0. The van der Waals surface area contributed by atoms with Crippen molar-refractivity contribution >= 4 is 34.1 Å². The number of hydrogen-bond acceptors (Lipinski definition) is 4. The van der Waals surface area contributed by atoms with Gasteiger partial charge in [0.25, 0.3) is 5.91 Å². The number of nitrogens with zero attached hydrogens (tertiary/aromatic N) is 3. The van der Waals surface area contributed by atoms with Crippen molar-refractivity contribution in [3.8, 4) is 0 Å². The first-order chi connectivity index (χ1) is 9.49. The fraction of sp³-hybridized carbons (Fsp3) is 0.286. The van der Waals surface area contributed by atoms with Gasteiger partial charge in [-0.15, -0.1) is 0 Å². The molecule has 1 heterocycles. The third-order valence-corrected chi connectivity index (χ3v) is 3.36. The number of carbonyl (C=O) groups is 1. The summed E-state index contributed by atoms with van der Waals surface area (Å²) in [6.07, 6.45) is 3.74. The summed E-state index contributed by atoms with van der Waals surface area (Å²) < 4.78 is 0. The molecule has 0 spiro atoms. The molecule has 0 bridgehead atoms. The zero-order valence-corrected chi connectivity index (χ0v) is 12.2. The second-order valence-corrected chi connectivity index (χ2v) is 5.22. The molecular weight excluding hydrogens is 272 g/mol. The minimum Gasteiger partial charge on any atom is -0.393 e. The summed E-state index contributed by atoms with van der Waals surface area (Å²) in [5.41, 5.74) is 7.57. The van der Waals surface area contributed by atoms with Gasteiger partial charge in [0.1, 0.15) is 0 Å². The number of amides is 1. The van der Waals surface area contributed by atoms with E-state index < -0.39 is 0 Å². The minimum absolute atomic E-state index is 0.0439. The molecule has 0 aliphatic heterocycles. The number of carbonyl (C=O) groups excluding carboxylic acids is 1. The Morgan fingerprint density at radius 2 is 2.00 bits per heavy atom. The molecule has 0 radical (unpaired) electrons. The predicted molar refractivity (Wildman–Crippen MR) is 82.5 cm³/mol. The molecule has 2 N–H and O–H groups in total. The fourth-order valence-electron chi connectivity index (χ4n) is 1.93. The molecule has 0 saturated carbocycles. The smallest absolute Gasteiger partial charge is 0.253 e. The molecule has 2 aromatic rings. The van der Waals surface area contributed by atoms with Crippen LogP contribution in [0, 0.1) is 0 Å². The standard InChI is InChI=1S/C14H16N4OS/c1-9(7-13(15)20)18(2)14(19)10-3-4-11-12(8-10)17-6-5-16-11/h3-6,8-9H,7H2,1-2H3,(H2,15,20). The van der Waals surface area contributed by atoms with E-state index in [-0.39, 0.29) is 11.9 Å². The highest BCUT2D eigenvalue weighted by Crippen LogP contribution is 2.14. The Morgan fingerprint density at radius 3 is 2.65 bits per heavy atom. The van der Waals surface area contributed by atoms with Gasteiger partial charge in [-0.25, -0.2) is 0 Å². The molecule has 5 nitrogen and oxygen atoms in total. The molecule has 0 aliphatic carbocycles. The Kier molecular flexibility index (Phi) is 4.24. The third-order valence-electron chi connectivity index (χ3n) is 3.19. The largest absolute Gasteiger partial charge is 0.393 e. The number of thiocarbonyl (C=S) groups is 1. The number of fused-ring (bicyclic) bond motifs is 1. The molecule has 0 saturated heterocycles. The van der Waals surface area contributed by atoms with Crippen molar-refractivity contribution in [1.82, 2.24) is 14.9 Å². The molecule has 1 amide bonds. The van der Waals surface area contributed by atoms with Gasteiger partial charge in [0.2, 0.25) is 0 Å². The van der Waals surface area contributed by atoms with Crippen LogP contribution in [0.4, 0.5) is 0 Å². The van der Waals surface area contributed by atoms with E-state index in [2.05, 4.69) is 9.97 Å². The third kappa shape index (κ3) is 3.08. The highest BCUT2D eigenvalue weighted by Gasteiger charge is 2.18. The minimum atomic E-state index is -0.0821. The van der Waals surface area contributed by atoms with E-state index in [9.17, 15) is 4.79 Å². The lowest BCUT2D eigenvalue weighted by molar-refractivity contribution is 0.0748. The van der Waals surface area contributed by atoms with Crippen LogP contribution >= 0.6 is 12.2 Å². The Labute approximate surface area is 122 Å². The predicted octanol–water partition coefficient (Wildman–Crippen LogP) is 1.77. The monoisotopic (exact) mass is 288 g/mol. The molecule has 1 unspecified atom stereocenters. The summed E-state index contributed by atoms with van der Waals surface area (Å²) in [6, 6.07) is 5.25. The van der Waals surface area contributed by atoms with Crippen LogP contribution < -0.4 is 5.73 Å². The Balaban J connectivity index is 2.24. The first-order valence-corrected chi connectivity index (χ1v) is 6.66. The van der Waals surface area contributed by atoms with Gasteiger partial charge in [-0.1, -0.05) is 12.2 Å². The van der Waals surface area contributed by atoms with Gasteiger partial charge in [-0.3, -0.25) is 14.8 Å². The lowest BCUT2D eigenvalue weighted by Crippen LogP contribution is -2.37. The first kappa shape index (κ1) is 14.3. The molecule has 20 heavy (non-hydrogen) atoms. The highest BCUT2D eigenvalue weighted by atomic mass is 32.1. The zero-order valence-electron chi connectivity index (χ0n) is 11.4. The van der Waals surface area contributed by atoms with Crippen LogP contribution in [0.5, 0.6) is 0 Å². The zero-order chi connectivity index (χ0) is 14.7. The first-order valence-electron chi connectivity index (χ1n) is 6.25. The number of hydrogen-bond donors (Lipinski definition) is 1. The van der Waals surface area contributed by atoms with Crippen molar-refractivity contribution in [1.29, 1.82) is 0 Å². The van der Waals surface area contributed by atoms with Crippen molar-refractivity contribution < 1.29 is 4.79 Å². The Morgan fingerprint density at radius 1 is 1.35 bits per heavy atom. The molecule has 2 rings (SSSR count). The van der Waals surface area contributed by atoms with E-state index in [1.807, 2.05) is 6.92 Å². The molecule has 1 aromatic heterocycles.